The lowest BCUT2D eigenvalue weighted by atomic mass is 9.52. The minimum atomic E-state index is -1.29. The highest BCUT2D eigenvalue weighted by Crippen LogP contribution is 2.73. The molecule has 2 fully saturated rings. The summed E-state index contributed by atoms with van der Waals surface area (Å²) in [5, 5.41) is 3.21. The Morgan fingerprint density at radius 1 is 0.854 bits per heavy atom. The van der Waals surface area contributed by atoms with Gasteiger partial charge in [-0.2, -0.15) is 0 Å². The number of hydrogen-bond donors (Lipinski definition) is 1. The molecule has 0 saturated carbocycles. The Morgan fingerprint density at radius 2 is 1.59 bits per heavy atom. The molecule has 204 valence electrons. The van der Waals surface area contributed by atoms with Gasteiger partial charge < -0.3 is 14.8 Å². The van der Waals surface area contributed by atoms with Gasteiger partial charge in [0.2, 0.25) is 0 Å². The van der Waals surface area contributed by atoms with Crippen molar-refractivity contribution < 1.29 is 19.1 Å². The molecule has 8 rings (SSSR count). The summed E-state index contributed by atoms with van der Waals surface area (Å²) in [4.78, 5) is 32.7. The number of hydrogen-bond acceptors (Lipinski definition) is 5. The molecule has 1 amide bonds. The average Bonchev–Trinajstić information content (AvgIpc) is 3.68. The molecule has 1 N–H and O–H groups in total. The van der Waals surface area contributed by atoms with Crippen LogP contribution in [0.4, 0.5) is 5.69 Å². The molecular formula is C35H30N2O4. The Morgan fingerprint density at radius 3 is 2.39 bits per heavy atom. The molecule has 4 heterocycles. The van der Waals surface area contributed by atoms with Crippen LogP contribution >= 0.6 is 0 Å². The van der Waals surface area contributed by atoms with E-state index >= 15 is 4.79 Å². The van der Waals surface area contributed by atoms with Crippen LogP contribution in [0.25, 0.3) is 0 Å². The van der Waals surface area contributed by atoms with Crippen LogP contribution in [0.1, 0.15) is 51.9 Å². The highest BCUT2D eigenvalue weighted by molar-refractivity contribution is 6.16. The van der Waals surface area contributed by atoms with Crippen molar-refractivity contribution in [2.24, 2.45) is 5.41 Å². The molecular weight excluding hydrogens is 512 g/mol. The number of rotatable bonds is 3. The van der Waals surface area contributed by atoms with Gasteiger partial charge in [0, 0.05) is 23.2 Å². The van der Waals surface area contributed by atoms with Crippen molar-refractivity contribution in [1.82, 2.24) is 4.90 Å². The fourth-order valence-electron chi connectivity index (χ4n) is 8.49. The summed E-state index contributed by atoms with van der Waals surface area (Å²) in [6.07, 6.45) is 1.12. The molecule has 4 aliphatic heterocycles. The molecule has 4 aromatic carbocycles. The Kier molecular flexibility index (Phi) is 5.23. The number of amides is 1. The number of fused-ring (bicyclic) bond motifs is 6. The Bertz CT molecular complexity index is 1690. The van der Waals surface area contributed by atoms with Crippen LogP contribution in [0, 0.1) is 5.41 Å². The van der Waals surface area contributed by atoms with Gasteiger partial charge in [-0.05, 0) is 60.8 Å². The van der Waals surface area contributed by atoms with Gasteiger partial charge in [-0.15, -0.1) is 0 Å². The van der Waals surface area contributed by atoms with E-state index in [9.17, 15) is 4.79 Å². The standard InChI is InChI=1S/C35H30N2O4/c1-40-24-19-17-22(18-20-24)30-28-15-9-21-37(28)35(26-13-6-7-14-27(26)36-33(35)39)34(30)31(38)25-12-5-8-16-29(25)41-32(34)23-10-3-2-4-11-23/h2-8,10-14,16-20,28,30,32H,9,15,21H2,1H3,(H,36,39)/t28-,30-,32?,34+,35+/m1/s1. The quantitative estimate of drug-likeness (QED) is 0.339. The number of para-hydroxylation sites is 2. The van der Waals surface area contributed by atoms with Gasteiger partial charge in [0.15, 0.2) is 5.78 Å². The molecule has 2 spiro atoms. The monoisotopic (exact) mass is 542 g/mol. The molecule has 4 aromatic rings. The molecule has 2 saturated heterocycles. The normalized spacial score (nSPS) is 29.6. The summed E-state index contributed by atoms with van der Waals surface area (Å²) in [6, 6.07) is 33.3. The first-order valence-corrected chi connectivity index (χ1v) is 14.3. The number of anilines is 1. The summed E-state index contributed by atoms with van der Waals surface area (Å²) in [5.74, 6) is 0.784. The Balaban J connectivity index is 1.53. The summed E-state index contributed by atoms with van der Waals surface area (Å²) >= 11 is 0. The second-order valence-corrected chi connectivity index (χ2v) is 11.5. The van der Waals surface area contributed by atoms with Crippen LogP contribution in [-0.4, -0.2) is 36.3 Å². The number of carbonyl (C=O) groups excluding carboxylic acids is 2. The fourth-order valence-corrected chi connectivity index (χ4v) is 8.49. The summed E-state index contributed by atoms with van der Waals surface area (Å²) in [5.41, 5.74) is 1.47. The second kappa shape index (κ2) is 8.79. The minimum Gasteiger partial charge on any atom is -0.497 e. The molecule has 41 heavy (non-hydrogen) atoms. The molecule has 0 bridgehead atoms. The van der Waals surface area contributed by atoms with Crippen molar-refractivity contribution in [2.75, 3.05) is 19.0 Å². The minimum absolute atomic E-state index is 0.0377. The van der Waals surface area contributed by atoms with E-state index in [0.29, 0.717) is 11.3 Å². The number of Topliss-reactive ketones (excluding diaryl/α,β-unsaturated/α-hetero) is 1. The largest absolute Gasteiger partial charge is 0.497 e. The van der Waals surface area contributed by atoms with E-state index in [1.165, 1.54) is 0 Å². The highest BCUT2D eigenvalue weighted by atomic mass is 16.5. The molecule has 6 nitrogen and oxygen atoms in total. The summed E-state index contributed by atoms with van der Waals surface area (Å²) in [7, 11) is 1.65. The lowest BCUT2D eigenvalue weighted by molar-refractivity contribution is -0.136. The third-order valence-corrected chi connectivity index (χ3v) is 9.84. The number of methoxy groups -OCH3 is 1. The van der Waals surface area contributed by atoms with Gasteiger partial charge >= 0.3 is 0 Å². The molecule has 6 heteroatoms. The van der Waals surface area contributed by atoms with Gasteiger partial charge in [-0.25, -0.2) is 0 Å². The second-order valence-electron chi connectivity index (χ2n) is 11.5. The van der Waals surface area contributed by atoms with Crippen molar-refractivity contribution in [1.29, 1.82) is 0 Å². The SMILES string of the molecule is COc1ccc([C@@H]2[C@H]3CCCN3[C@@]3(C(=O)Nc4ccccc43)[C@]23C(=O)c2ccccc2OC3c2ccccc2)cc1. The Labute approximate surface area is 238 Å². The molecule has 0 aliphatic carbocycles. The van der Waals surface area contributed by atoms with Crippen molar-refractivity contribution in [3.8, 4) is 11.5 Å². The summed E-state index contributed by atoms with van der Waals surface area (Å²) in [6.45, 7) is 0.720. The smallest absolute Gasteiger partial charge is 0.250 e. The zero-order valence-electron chi connectivity index (χ0n) is 22.7. The van der Waals surface area contributed by atoms with E-state index in [-0.39, 0.29) is 23.7 Å². The number of carbonyl (C=O) groups is 2. The summed E-state index contributed by atoms with van der Waals surface area (Å²) < 4.78 is 12.5. The van der Waals surface area contributed by atoms with Crippen LogP contribution in [-0.2, 0) is 10.3 Å². The predicted octanol–water partition coefficient (Wildman–Crippen LogP) is 6.11. The number of benzene rings is 4. The first-order valence-electron chi connectivity index (χ1n) is 14.3. The van der Waals surface area contributed by atoms with E-state index in [1.807, 2.05) is 91.0 Å². The molecule has 5 atom stereocenters. The van der Waals surface area contributed by atoms with Gasteiger partial charge in [0.1, 0.15) is 28.6 Å². The van der Waals surface area contributed by atoms with Crippen LogP contribution in [0.2, 0.25) is 0 Å². The lowest BCUT2D eigenvalue weighted by Gasteiger charge is -2.52. The van der Waals surface area contributed by atoms with Gasteiger partial charge in [0.05, 0.1) is 12.7 Å². The number of ketones is 1. The topological polar surface area (TPSA) is 67.9 Å². The van der Waals surface area contributed by atoms with E-state index < -0.39 is 17.1 Å². The zero-order chi connectivity index (χ0) is 27.8. The van der Waals surface area contributed by atoms with E-state index in [2.05, 4.69) is 22.3 Å². The van der Waals surface area contributed by atoms with Crippen LogP contribution in [0.3, 0.4) is 0 Å². The van der Waals surface area contributed by atoms with Crippen LogP contribution < -0.4 is 14.8 Å². The Hall–Kier alpha value is -4.42. The number of nitrogens with one attached hydrogen (secondary N) is 1. The van der Waals surface area contributed by atoms with Gasteiger partial charge in [-0.3, -0.25) is 14.5 Å². The van der Waals surface area contributed by atoms with Gasteiger partial charge in [-0.1, -0.05) is 72.8 Å². The molecule has 4 aliphatic rings. The first kappa shape index (κ1) is 24.4. The van der Waals surface area contributed by atoms with Crippen LogP contribution in [0.5, 0.6) is 11.5 Å². The number of ether oxygens (including phenoxy) is 2. The van der Waals surface area contributed by atoms with Crippen molar-refractivity contribution in [3.05, 3.63) is 125 Å². The average molecular weight is 543 g/mol. The third-order valence-electron chi connectivity index (χ3n) is 9.84. The number of nitrogens with zero attached hydrogens (tertiary/aromatic N) is 1. The van der Waals surface area contributed by atoms with E-state index in [0.717, 1.165) is 47.5 Å². The highest BCUT2D eigenvalue weighted by Gasteiger charge is 2.81. The lowest BCUT2D eigenvalue weighted by Crippen LogP contribution is -2.63. The van der Waals surface area contributed by atoms with Crippen molar-refractivity contribution in [2.45, 2.75) is 36.4 Å². The van der Waals surface area contributed by atoms with Crippen molar-refractivity contribution >= 4 is 17.4 Å². The van der Waals surface area contributed by atoms with Crippen LogP contribution in [0.15, 0.2) is 103 Å². The van der Waals surface area contributed by atoms with E-state index in [1.54, 1.807) is 7.11 Å². The predicted molar refractivity (Wildman–Crippen MR) is 155 cm³/mol. The molecule has 1 unspecified atom stereocenters. The molecule has 0 radical (unpaired) electrons. The maximum atomic E-state index is 15.6. The van der Waals surface area contributed by atoms with Gasteiger partial charge in [0.25, 0.3) is 5.91 Å². The van der Waals surface area contributed by atoms with E-state index in [4.69, 9.17) is 9.47 Å². The fraction of sp³-hybridized carbons (Fsp3) is 0.257. The zero-order valence-corrected chi connectivity index (χ0v) is 22.7. The van der Waals surface area contributed by atoms with Crippen molar-refractivity contribution in [3.63, 3.8) is 0 Å². The third kappa shape index (κ3) is 2.95. The molecule has 0 aromatic heterocycles. The maximum absolute atomic E-state index is 15.6. The maximum Gasteiger partial charge on any atom is 0.250 e. The first-order chi connectivity index (χ1) is 20.1.